The van der Waals surface area contributed by atoms with Crippen molar-refractivity contribution in [3.05, 3.63) is 88.9 Å². The van der Waals surface area contributed by atoms with Crippen LogP contribution < -0.4 is 5.32 Å². The van der Waals surface area contributed by atoms with Gasteiger partial charge in [-0.05, 0) is 61.5 Å². The van der Waals surface area contributed by atoms with E-state index in [9.17, 15) is 13.2 Å². The van der Waals surface area contributed by atoms with Gasteiger partial charge in [0, 0.05) is 48.9 Å². The van der Waals surface area contributed by atoms with E-state index in [1.807, 2.05) is 37.4 Å². The topological polar surface area (TPSA) is 69.7 Å². The van der Waals surface area contributed by atoms with Crippen LogP contribution in [0.25, 0.3) is 0 Å². The molecule has 1 aliphatic heterocycles. The molecule has 0 amide bonds. The van der Waals surface area contributed by atoms with E-state index in [1.165, 1.54) is 4.31 Å². The van der Waals surface area contributed by atoms with Crippen LogP contribution in [0, 0.1) is 0 Å². The SMILES string of the molecule is CN1CCN(S(=O)(=O)c2ccc(CCC(=O)c3ccc(Cl)cc3Nc3ccccc3)cc2)CC1. The maximum absolute atomic E-state index is 13.0. The second kappa shape index (κ2) is 10.7. The molecule has 0 spiro atoms. The first-order valence-corrected chi connectivity index (χ1v) is 13.1. The van der Waals surface area contributed by atoms with Crippen LogP contribution >= 0.6 is 11.6 Å². The molecule has 0 atom stereocenters. The van der Waals surface area contributed by atoms with Crippen molar-refractivity contribution in [2.75, 3.05) is 38.5 Å². The first-order chi connectivity index (χ1) is 16.3. The quantitative estimate of drug-likeness (QED) is 0.451. The van der Waals surface area contributed by atoms with Gasteiger partial charge < -0.3 is 10.2 Å². The number of benzene rings is 3. The van der Waals surface area contributed by atoms with Gasteiger partial charge in [-0.3, -0.25) is 4.79 Å². The fraction of sp³-hybridized carbons (Fsp3) is 0.269. The number of sulfonamides is 1. The Bertz CT molecular complexity index is 1240. The van der Waals surface area contributed by atoms with Gasteiger partial charge in [0.05, 0.1) is 10.6 Å². The van der Waals surface area contributed by atoms with Crippen LogP contribution in [0.3, 0.4) is 0 Å². The Morgan fingerprint density at radius 2 is 1.62 bits per heavy atom. The Hall–Kier alpha value is -2.71. The van der Waals surface area contributed by atoms with Gasteiger partial charge in [0.25, 0.3) is 0 Å². The van der Waals surface area contributed by atoms with Crippen LogP contribution in [0.2, 0.25) is 5.02 Å². The number of hydrogen-bond acceptors (Lipinski definition) is 5. The van der Waals surface area contributed by atoms with Crippen molar-refractivity contribution in [2.45, 2.75) is 17.7 Å². The Balaban J connectivity index is 1.42. The fourth-order valence-electron chi connectivity index (χ4n) is 3.94. The van der Waals surface area contributed by atoms with Gasteiger partial charge in [-0.15, -0.1) is 0 Å². The van der Waals surface area contributed by atoms with Crippen molar-refractivity contribution in [2.24, 2.45) is 0 Å². The highest BCUT2D eigenvalue weighted by molar-refractivity contribution is 7.89. The van der Waals surface area contributed by atoms with Crippen molar-refractivity contribution in [1.29, 1.82) is 0 Å². The summed E-state index contributed by atoms with van der Waals surface area (Å²) in [5.41, 5.74) is 3.02. The predicted molar refractivity (Wildman–Crippen MR) is 137 cm³/mol. The molecule has 0 aromatic heterocycles. The van der Waals surface area contributed by atoms with Gasteiger partial charge in [0.1, 0.15) is 0 Å². The van der Waals surface area contributed by atoms with Crippen molar-refractivity contribution >= 4 is 38.8 Å². The summed E-state index contributed by atoms with van der Waals surface area (Å²) in [5, 5.41) is 3.82. The largest absolute Gasteiger partial charge is 0.355 e. The summed E-state index contributed by atoms with van der Waals surface area (Å²) in [6.45, 7) is 2.45. The highest BCUT2D eigenvalue weighted by Gasteiger charge is 2.27. The molecular formula is C26H28ClN3O3S. The molecule has 1 fully saturated rings. The lowest BCUT2D eigenvalue weighted by atomic mass is 10.0. The van der Waals surface area contributed by atoms with Crippen molar-refractivity contribution in [3.63, 3.8) is 0 Å². The molecule has 3 aromatic rings. The molecule has 8 heteroatoms. The monoisotopic (exact) mass is 497 g/mol. The van der Waals surface area contributed by atoms with Crippen LogP contribution in [0.4, 0.5) is 11.4 Å². The van der Waals surface area contributed by atoms with E-state index in [4.69, 9.17) is 11.6 Å². The first-order valence-electron chi connectivity index (χ1n) is 11.3. The Labute approximate surface area is 206 Å². The molecule has 178 valence electrons. The van der Waals surface area contributed by atoms with E-state index in [0.29, 0.717) is 47.1 Å². The molecule has 6 nitrogen and oxygen atoms in total. The third-order valence-electron chi connectivity index (χ3n) is 6.00. The molecule has 1 saturated heterocycles. The zero-order chi connectivity index (χ0) is 24.1. The summed E-state index contributed by atoms with van der Waals surface area (Å²) in [7, 11) is -1.51. The minimum absolute atomic E-state index is 0.00997. The number of likely N-dealkylation sites (N-methyl/N-ethyl adjacent to an activating group) is 1. The van der Waals surface area contributed by atoms with Crippen molar-refractivity contribution in [1.82, 2.24) is 9.21 Å². The predicted octanol–water partition coefficient (Wildman–Crippen LogP) is 4.84. The molecule has 1 aliphatic rings. The van der Waals surface area contributed by atoms with E-state index in [0.717, 1.165) is 24.3 Å². The zero-order valence-electron chi connectivity index (χ0n) is 19.1. The fourth-order valence-corrected chi connectivity index (χ4v) is 5.53. The van der Waals surface area contributed by atoms with Gasteiger partial charge in [-0.25, -0.2) is 8.42 Å². The average Bonchev–Trinajstić information content (AvgIpc) is 2.84. The number of hydrogen-bond donors (Lipinski definition) is 1. The summed E-state index contributed by atoms with van der Waals surface area (Å²) >= 11 is 6.17. The molecule has 0 radical (unpaired) electrons. The van der Waals surface area contributed by atoms with Gasteiger partial charge >= 0.3 is 0 Å². The second-order valence-corrected chi connectivity index (χ2v) is 10.8. The van der Waals surface area contributed by atoms with Crippen LogP contribution in [0.15, 0.2) is 77.7 Å². The van der Waals surface area contributed by atoms with E-state index >= 15 is 0 Å². The Morgan fingerprint density at radius 1 is 0.941 bits per heavy atom. The van der Waals surface area contributed by atoms with Gasteiger partial charge in [0.2, 0.25) is 10.0 Å². The average molecular weight is 498 g/mol. The smallest absolute Gasteiger partial charge is 0.243 e. The van der Waals surface area contributed by atoms with Crippen LogP contribution in [-0.2, 0) is 16.4 Å². The second-order valence-electron chi connectivity index (χ2n) is 8.46. The third-order valence-corrected chi connectivity index (χ3v) is 8.15. The zero-order valence-corrected chi connectivity index (χ0v) is 20.6. The number of piperazine rings is 1. The van der Waals surface area contributed by atoms with Crippen LogP contribution in [0.5, 0.6) is 0 Å². The lowest BCUT2D eigenvalue weighted by Gasteiger charge is -2.31. The van der Waals surface area contributed by atoms with Crippen LogP contribution in [0.1, 0.15) is 22.3 Å². The number of nitrogens with zero attached hydrogens (tertiary/aromatic N) is 2. The normalized spacial score (nSPS) is 15.2. The number of para-hydroxylation sites is 1. The maximum atomic E-state index is 13.0. The Kier molecular flexibility index (Phi) is 7.68. The molecule has 0 bridgehead atoms. The van der Waals surface area contributed by atoms with Crippen molar-refractivity contribution in [3.8, 4) is 0 Å². The number of halogens is 1. The molecule has 1 N–H and O–H groups in total. The maximum Gasteiger partial charge on any atom is 0.243 e. The lowest BCUT2D eigenvalue weighted by molar-refractivity contribution is 0.0983. The summed E-state index contributed by atoms with van der Waals surface area (Å²) < 4.78 is 27.3. The van der Waals surface area contributed by atoms with Gasteiger partial charge in [-0.2, -0.15) is 4.31 Å². The first kappa shape index (κ1) is 24.4. The van der Waals surface area contributed by atoms with Gasteiger partial charge in [-0.1, -0.05) is 41.9 Å². The molecule has 1 heterocycles. The molecular weight excluding hydrogens is 470 g/mol. The van der Waals surface area contributed by atoms with E-state index in [2.05, 4.69) is 10.2 Å². The summed E-state index contributed by atoms with van der Waals surface area (Å²) in [6.07, 6.45) is 0.816. The van der Waals surface area contributed by atoms with Gasteiger partial charge in [0.15, 0.2) is 5.78 Å². The minimum Gasteiger partial charge on any atom is -0.355 e. The third kappa shape index (κ3) is 5.85. The number of aryl methyl sites for hydroxylation is 1. The highest BCUT2D eigenvalue weighted by atomic mass is 35.5. The number of carbonyl (C=O) groups excluding carboxylic acids is 1. The lowest BCUT2D eigenvalue weighted by Crippen LogP contribution is -2.46. The molecule has 34 heavy (non-hydrogen) atoms. The standard InChI is InChI=1S/C26H28ClN3O3S/c1-29-15-17-30(18-16-29)34(32,33)23-11-7-20(8-12-23)9-14-26(31)24-13-10-21(27)19-25(24)28-22-5-3-2-4-6-22/h2-8,10-13,19,28H,9,14-18H2,1H3. The summed E-state index contributed by atoms with van der Waals surface area (Å²) in [4.78, 5) is 15.4. The summed E-state index contributed by atoms with van der Waals surface area (Å²) in [5.74, 6) is -0.00997. The minimum atomic E-state index is -3.50. The highest BCUT2D eigenvalue weighted by Crippen LogP contribution is 2.26. The molecule has 0 unspecified atom stereocenters. The van der Waals surface area contributed by atoms with Crippen molar-refractivity contribution < 1.29 is 13.2 Å². The molecule has 0 aliphatic carbocycles. The van der Waals surface area contributed by atoms with E-state index < -0.39 is 10.0 Å². The number of rotatable bonds is 8. The summed E-state index contributed by atoms with van der Waals surface area (Å²) in [6, 6.07) is 21.7. The number of carbonyl (C=O) groups is 1. The Morgan fingerprint density at radius 3 is 2.29 bits per heavy atom. The number of Topliss-reactive ketones (excluding diaryl/α,β-unsaturated/α-hetero) is 1. The van der Waals surface area contributed by atoms with E-state index in [-0.39, 0.29) is 5.78 Å². The molecule has 4 rings (SSSR count). The number of anilines is 2. The number of ketones is 1. The van der Waals surface area contributed by atoms with E-state index in [1.54, 1.807) is 42.5 Å². The number of nitrogens with one attached hydrogen (secondary N) is 1. The van der Waals surface area contributed by atoms with Crippen LogP contribution in [-0.4, -0.2) is 56.6 Å². The molecule has 3 aromatic carbocycles. The molecule has 0 saturated carbocycles.